The van der Waals surface area contributed by atoms with Crippen molar-refractivity contribution in [3.63, 3.8) is 0 Å². The molecule has 2 aromatic carbocycles. The second-order valence-corrected chi connectivity index (χ2v) is 8.85. The van der Waals surface area contributed by atoms with E-state index in [4.69, 9.17) is 16.3 Å². The van der Waals surface area contributed by atoms with Crippen LogP contribution in [0.25, 0.3) is 0 Å². The first-order valence-electron chi connectivity index (χ1n) is 10.1. The van der Waals surface area contributed by atoms with Gasteiger partial charge in [0, 0.05) is 17.1 Å². The van der Waals surface area contributed by atoms with Gasteiger partial charge in [0.05, 0.1) is 0 Å². The monoisotopic (exact) mass is 430 g/mol. The Hall–Kier alpha value is -2.53. The molecule has 0 heterocycles. The molecule has 0 aromatic heterocycles. The lowest BCUT2D eigenvalue weighted by molar-refractivity contribution is -0.143. The van der Waals surface area contributed by atoms with Crippen LogP contribution in [0.4, 0.5) is 0 Å². The second kappa shape index (κ2) is 10.5. The maximum atomic E-state index is 13.1. The molecule has 1 N–H and O–H groups in total. The summed E-state index contributed by atoms with van der Waals surface area (Å²) in [5, 5.41) is 3.61. The van der Waals surface area contributed by atoms with Gasteiger partial charge < -0.3 is 15.0 Å². The number of hydrogen-bond acceptors (Lipinski definition) is 3. The molecule has 0 bridgehead atoms. The normalized spacial score (nSPS) is 12.2. The van der Waals surface area contributed by atoms with Crippen molar-refractivity contribution in [2.45, 2.75) is 59.2 Å². The van der Waals surface area contributed by atoms with Crippen LogP contribution < -0.4 is 10.1 Å². The Bertz CT molecular complexity index is 842. The number of amides is 2. The Morgan fingerprint density at radius 1 is 1.07 bits per heavy atom. The molecular formula is C24H31ClN2O3. The number of carbonyl (C=O) groups is 2. The highest BCUT2D eigenvalue weighted by Gasteiger charge is 2.30. The highest BCUT2D eigenvalue weighted by molar-refractivity contribution is 6.30. The largest absolute Gasteiger partial charge is 0.484 e. The quantitative estimate of drug-likeness (QED) is 0.657. The number of rotatable bonds is 8. The fourth-order valence-electron chi connectivity index (χ4n) is 3.02. The Morgan fingerprint density at radius 2 is 1.67 bits per heavy atom. The molecule has 0 saturated heterocycles. The first kappa shape index (κ1) is 23.7. The maximum absolute atomic E-state index is 13.1. The molecule has 0 aliphatic carbocycles. The molecule has 1 unspecified atom stereocenters. The summed E-state index contributed by atoms with van der Waals surface area (Å²) < 4.78 is 5.69. The smallest absolute Gasteiger partial charge is 0.261 e. The Kier molecular flexibility index (Phi) is 8.30. The van der Waals surface area contributed by atoms with Crippen molar-refractivity contribution >= 4 is 23.4 Å². The molecule has 0 fully saturated rings. The van der Waals surface area contributed by atoms with E-state index in [2.05, 4.69) is 5.32 Å². The third-order valence-electron chi connectivity index (χ3n) is 4.53. The minimum atomic E-state index is -0.603. The van der Waals surface area contributed by atoms with Gasteiger partial charge in [-0.05, 0) is 63.9 Å². The third kappa shape index (κ3) is 7.38. The van der Waals surface area contributed by atoms with E-state index in [1.54, 1.807) is 17.0 Å². The van der Waals surface area contributed by atoms with E-state index in [0.29, 0.717) is 23.7 Å². The Balaban J connectivity index is 2.21. The van der Waals surface area contributed by atoms with E-state index in [9.17, 15) is 9.59 Å². The van der Waals surface area contributed by atoms with E-state index >= 15 is 0 Å². The fourth-order valence-corrected chi connectivity index (χ4v) is 3.15. The Morgan fingerprint density at radius 3 is 2.20 bits per heavy atom. The molecule has 0 saturated carbocycles. The second-order valence-electron chi connectivity index (χ2n) is 8.41. The molecule has 5 nitrogen and oxygen atoms in total. The molecule has 2 rings (SSSR count). The van der Waals surface area contributed by atoms with Crippen molar-refractivity contribution in [3.05, 3.63) is 64.7 Å². The van der Waals surface area contributed by atoms with E-state index in [0.717, 1.165) is 11.1 Å². The summed E-state index contributed by atoms with van der Waals surface area (Å²) in [6.07, 6.45) is 0.492. The number of ether oxygens (including phenoxy) is 1. The molecule has 1 atom stereocenters. The van der Waals surface area contributed by atoms with Crippen molar-refractivity contribution in [1.82, 2.24) is 10.2 Å². The zero-order valence-electron chi connectivity index (χ0n) is 18.4. The zero-order valence-corrected chi connectivity index (χ0v) is 19.1. The van der Waals surface area contributed by atoms with Crippen LogP contribution in [0.15, 0.2) is 48.5 Å². The van der Waals surface area contributed by atoms with Crippen molar-refractivity contribution in [2.24, 2.45) is 0 Å². The molecular weight excluding hydrogens is 400 g/mol. The standard InChI is InChI=1S/C24H31ClN2O3/c1-6-21(23(29)26-24(3,4)5)27(15-18-9-11-19(25)12-10-18)22(28)16-30-20-13-7-17(2)8-14-20/h7-14,21H,6,15-16H2,1-5H3,(H,26,29). The lowest BCUT2D eigenvalue weighted by Gasteiger charge is -2.33. The number of nitrogens with zero attached hydrogens (tertiary/aromatic N) is 1. The Labute approximate surface area is 184 Å². The third-order valence-corrected chi connectivity index (χ3v) is 4.79. The van der Waals surface area contributed by atoms with Gasteiger partial charge in [-0.2, -0.15) is 0 Å². The van der Waals surface area contributed by atoms with Crippen molar-refractivity contribution in [1.29, 1.82) is 0 Å². The van der Waals surface area contributed by atoms with Gasteiger partial charge >= 0.3 is 0 Å². The summed E-state index contributed by atoms with van der Waals surface area (Å²) in [5.74, 6) is 0.191. The van der Waals surface area contributed by atoms with Crippen molar-refractivity contribution in [2.75, 3.05) is 6.61 Å². The predicted molar refractivity (Wildman–Crippen MR) is 121 cm³/mol. The van der Waals surface area contributed by atoms with Gasteiger partial charge in [-0.25, -0.2) is 0 Å². The lowest BCUT2D eigenvalue weighted by atomic mass is 10.1. The van der Waals surface area contributed by atoms with Gasteiger partial charge in [0.2, 0.25) is 5.91 Å². The number of hydrogen-bond donors (Lipinski definition) is 1. The van der Waals surface area contributed by atoms with Crippen LogP contribution in [-0.2, 0) is 16.1 Å². The molecule has 0 aliphatic rings. The van der Waals surface area contributed by atoms with E-state index in [1.807, 2.05) is 71.0 Å². The molecule has 2 amide bonds. The molecule has 0 spiro atoms. The van der Waals surface area contributed by atoms with Gasteiger partial charge in [0.1, 0.15) is 11.8 Å². The summed E-state index contributed by atoms with van der Waals surface area (Å²) in [7, 11) is 0. The van der Waals surface area contributed by atoms with Gasteiger partial charge in [0.15, 0.2) is 6.61 Å². The topological polar surface area (TPSA) is 58.6 Å². The molecule has 162 valence electrons. The fraction of sp³-hybridized carbons (Fsp3) is 0.417. The summed E-state index contributed by atoms with van der Waals surface area (Å²) in [6.45, 7) is 9.80. The first-order chi connectivity index (χ1) is 14.1. The summed E-state index contributed by atoms with van der Waals surface area (Å²) in [4.78, 5) is 27.6. The number of benzene rings is 2. The van der Waals surface area contributed by atoms with Crippen molar-refractivity contribution in [3.8, 4) is 5.75 Å². The number of aryl methyl sites for hydroxylation is 1. The van der Waals surface area contributed by atoms with Gasteiger partial charge in [-0.3, -0.25) is 9.59 Å². The number of carbonyl (C=O) groups excluding carboxylic acids is 2. The summed E-state index contributed by atoms with van der Waals surface area (Å²) >= 11 is 5.99. The average molecular weight is 431 g/mol. The van der Waals surface area contributed by atoms with E-state index in [1.165, 1.54) is 0 Å². The average Bonchev–Trinajstić information content (AvgIpc) is 2.67. The van der Waals surface area contributed by atoms with Crippen LogP contribution in [-0.4, -0.2) is 34.9 Å². The van der Waals surface area contributed by atoms with Gasteiger partial charge in [0.25, 0.3) is 5.91 Å². The van der Waals surface area contributed by atoms with Gasteiger partial charge in [-0.1, -0.05) is 48.4 Å². The molecule has 0 radical (unpaired) electrons. The highest BCUT2D eigenvalue weighted by Crippen LogP contribution is 2.17. The SMILES string of the molecule is CCC(C(=O)NC(C)(C)C)N(Cc1ccc(Cl)cc1)C(=O)COc1ccc(C)cc1. The maximum Gasteiger partial charge on any atom is 0.261 e. The van der Waals surface area contributed by atoms with E-state index in [-0.39, 0.29) is 18.4 Å². The summed E-state index contributed by atoms with van der Waals surface area (Å²) in [6, 6.07) is 14.2. The number of halogens is 1. The zero-order chi connectivity index (χ0) is 22.3. The molecule has 30 heavy (non-hydrogen) atoms. The van der Waals surface area contributed by atoms with Crippen LogP contribution in [0.2, 0.25) is 5.02 Å². The van der Waals surface area contributed by atoms with Crippen LogP contribution >= 0.6 is 11.6 Å². The minimum Gasteiger partial charge on any atom is -0.484 e. The highest BCUT2D eigenvalue weighted by atomic mass is 35.5. The van der Waals surface area contributed by atoms with Crippen LogP contribution in [0.1, 0.15) is 45.2 Å². The molecule has 6 heteroatoms. The number of nitrogens with one attached hydrogen (secondary N) is 1. The van der Waals surface area contributed by atoms with Crippen LogP contribution in [0.3, 0.4) is 0 Å². The first-order valence-corrected chi connectivity index (χ1v) is 10.5. The molecule has 0 aliphatic heterocycles. The minimum absolute atomic E-state index is 0.143. The van der Waals surface area contributed by atoms with Crippen LogP contribution in [0.5, 0.6) is 5.75 Å². The molecule has 2 aromatic rings. The summed E-state index contributed by atoms with van der Waals surface area (Å²) in [5.41, 5.74) is 1.62. The van der Waals surface area contributed by atoms with Gasteiger partial charge in [-0.15, -0.1) is 0 Å². The lowest BCUT2D eigenvalue weighted by Crippen LogP contribution is -2.54. The van der Waals surface area contributed by atoms with Crippen molar-refractivity contribution < 1.29 is 14.3 Å². The predicted octanol–water partition coefficient (Wildman–Crippen LogP) is 4.75. The van der Waals surface area contributed by atoms with Crippen LogP contribution in [0, 0.1) is 6.92 Å². The van der Waals surface area contributed by atoms with E-state index < -0.39 is 11.6 Å².